The van der Waals surface area contributed by atoms with Gasteiger partial charge in [0.15, 0.2) is 0 Å². The molecule has 1 aromatic carbocycles. The highest BCUT2D eigenvalue weighted by molar-refractivity contribution is 5.32. The molecule has 92 valence electrons. The summed E-state index contributed by atoms with van der Waals surface area (Å²) in [5.74, 6) is 0. The highest BCUT2D eigenvalue weighted by atomic mass is 16.6. The minimum Gasteiger partial charge on any atom is -0.312 e. The van der Waals surface area contributed by atoms with Crippen LogP contribution in [0.2, 0.25) is 0 Å². The van der Waals surface area contributed by atoms with E-state index in [0.29, 0.717) is 5.41 Å². The van der Waals surface area contributed by atoms with E-state index in [1.807, 2.05) is 12.1 Å². The predicted octanol–water partition coefficient (Wildman–Crippen LogP) is 2.87. The fraction of sp³-hybridized carbons (Fsp3) is 0.538. The standard InChI is InChI=1S/C13H18N2O2/c1-2-13(7-8-13)10-14-9-11-3-5-12(6-4-11)15(16)17/h3-6,14H,2,7-10H2,1H3. The Bertz CT molecular complexity index is 396. The summed E-state index contributed by atoms with van der Waals surface area (Å²) in [4.78, 5) is 10.1. The number of benzene rings is 1. The van der Waals surface area contributed by atoms with Crippen molar-refractivity contribution in [2.45, 2.75) is 32.7 Å². The van der Waals surface area contributed by atoms with Crippen LogP contribution < -0.4 is 5.32 Å². The molecule has 1 saturated carbocycles. The SMILES string of the molecule is CCC1(CNCc2ccc([N+](=O)[O-])cc2)CC1. The topological polar surface area (TPSA) is 55.2 Å². The third-order valence-electron chi connectivity index (χ3n) is 3.68. The van der Waals surface area contributed by atoms with Crippen LogP contribution in [0, 0.1) is 15.5 Å². The van der Waals surface area contributed by atoms with Gasteiger partial charge in [0.1, 0.15) is 0 Å². The summed E-state index contributed by atoms with van der Waals surface area (Å²) in [7, 11) is 0. The average molecular weight is 234 g/mol. The fourth-order valence-corrected chi connectivity index (χ4v) is 2.04. The van der Waals surface area contributed by atoms with Crippen molar-refractivity contribution in [2.75, 3.05) is 6.54 Å². The molecule has 0 atom stereocenters. The number of hydrogen-bond donors (Lipinski definition) is 1. The lowest BCUT2D eigenvalue weighted by Gasteiger charge is -2.13. The summed E-state index contributed by atoms with van der Waals surface area (Å²) in [5.41, 5.74) is 1.80. The summed E-state index contributed by atoms with van der Waals surface area (Å²) >= 11 is 0. The molecule has 1 N–H and O–H groups in total. The molecule has 0 unspecified atom stereocenters. The molecule has 1 aromatic rings. The fourth-order valence-electron chi connectivity index (χ4n) is 2.04. The van der Waals surface area contributed by atoms with Crippen LogP contribution in [0.1, 0.15) is 31.7 Å². The van der Waals surface area contributed by atoms with E-state index in [2.05, 4.69) is 12.2 Å². The number of nitrogens with zero attached hydrogens (tertiary/aromatic N) is 1. The molecule has 1 aliphatic rings. The Morgan fingerprint density at radius 3 is 2.47 bits per heavy atom. The Labute approximate surface area is 101 Å². The molecule has 4 heteroatoms. The number of nitro benzene ring substituents is 1. The Kier molecular flexibility index (Phi) is 3.43. The van der Waals surface area contributed by atoms with E-state index in [1.165, 1.54) is 19.3 Å². The molecule has 2 rings (SSSR count). The molecule has 0 heterocycles. The van der Waals surface area contributed by atoms with Crippen LogP contribution in [0.15, 0.2) is 24.3 Å². The van der Waals surface area contributed by atoms with Crippen molar-refractivity contribution in [2.24, 2.45) is 5.41 Å². The summed E-state index contributed by atoms with van der Waals surface area (Å²) in [5, 5.41) is 13.9. The Balaban J connectivity index is 1.81. The van der Waals surface area contributed by atoms with Crippen molar-refractivity contribution in [3.8, 4) is 0 Å². The lowest BCUT2D eigenvalue weighted by molar-refractivity contribution is -0.384. The molecule has 0 spiro atoms. The number of nitrogens with one attached hydrogen (secondary N) is 1. The van der Waals surface area contributed by atoms with E-state index >= 15 is 0 Å². The van der Waals surface area contributed by atoms with Gasteiger partial charge < -0.3 is 5.32 Å². The van der Waals surface area contributed by atoms with E-state index in [4.69, 9.17) is 0 Å². The lowest BCUT2D eigenvalue weighted by Crippen LogP contribution is -2.23. The van der Waals surface area contributed by atoms with Crippen LogP contribution in [0.3, 0.4) is 0 Å². The van der Waals surface area contributed by atoms with E-state index < -0.39 is 0 Å². The first-order valence-corrected chi connectivity index (χ1v) is 6.09. The second-order valence-corrected chi connectivity index (χ2v) is 4.88. The highest BCUT2D eigenvalue weighted by Gasteiger charge is 2.39. The molecule has 17 heavy (non-hydrogen) atoms. The van der Waals surface area contributed by atoms with Crippen molar-refractivity contribution in [1.29, 1.82) is 0 Å². The molecular weight excluding hydrogens is 216 g/mol. The van der Waals surface area contributed by atoms with Crippen LogP contribution in [0.5, 0.6) is 0 Å². The van der Waals surface area contributed by atoms with Crippen LogP contribution in [0.25, 0.3) is 0 Å². The monoisotopic (exact) mass is 234 g/mol. The number of hydrogen-bond acceptors (Lipinski definition) is 3. The zero-order chi connectivity index (χ0) is 12.3. The third kappa shape index (κ3) is 3.03. The third-order valence-corrected chi connectivity index (χ3v) is 3.68. The summed E-state index contributed by atoms with van der Waals surface area (Å²) in [6.45, 7) is 4.08. The molecular formula is C13H18N2O2. The second-order valence-electron chi connectivity index (χ2n) is 4.88. The Hall–Kier alpha value is -1.42. The van der Waals surface area contributed by atoms with Crippen LogP contribution in [-0.2, 0) is 6.54 Å². The molecule has 1 aliphatic carbocycles. The normalized spacial score (nSPS) is 16.8. The van der Waals surface area contributed by atoms with E-state index in [9.17, 15) is 10.1 Å². The number of rotatable bonds is 6. The van der Waals surface area contributed by atoms with E-state index in [-0.39, 0.29) is 10.6 Å². The van der Waals surface area contributed by atoms with E-state index in [1.54, 1.807) is 12.1 Å². The lowest BCUT2D eigenvalue weighted by atomic mass is 10.0. The van der Waals surface area contributed by atoms with Gasteiger partial charge in [-0.2, -0.15) is 0 Å². The molecule has 4 nitrogen and oxygen atoms in total. The summed E-state index contributed by atoms with van der Waals surface area (Å²) < 4.78 is 0. The van der Waals surface area contributed by atoms with Crippen LogP contribution >= 0.6 is 0 Å². The van der Waals surface area contributed by atoms with Gasteiger partial charge in [-0.1, -0.05) is 19.1 Å². The van der Waals surface area contributed by atoms with Gasteiger partial charge in [0.25, 0.3) is 5.69 Å². The largest absolute Gasteiger partial charge is 0.312 e. The quantitative estimate of drug-likeness (QED) is 0.608. The average Bonchev–Trinajstić information content (AvgIpc) is 3.10. The van der Waals surface area contributed by atoms with Crippen molar-refractivity contribution in [1.82, 2.24) is 5.32 Å². The summed E-state index contributed by atoms with van der Waals surface area (Å²) in [6.07, 6.45) is 3.90. The second kappa shape index (κ2) is 4.84. The maximum Gasteiger partial charge on any atom is 0.269 e. The molecule has 0 saturated heterocycles. The van der Waals surface area contributed by atoms with Gasteiger partial charge in [0, 0.05) is 25.2 Å². The van der Waals surface area contributed by atoms with Crippen LogP contribution in [-0.4, -0.2) is 11.5 Å². The van der Waals surface area contributed by atoms with E-state index in [0.717, 1.165) is 18.7 Å². The van der Waals surface area contributed by atoms with Gasteiger partial charge in [-0.25, -0.2) is 0 Å². The van der Waals surface area contributed by atoms with Crippen molar-refractivity contribution in [3.05, 3.63) is 39.9 Å². The molecule has 1 fully saturated rings. The van der Waals surface area contributed by atoms with Crippen molar-refractivity contribution in [3.63, 3.8) is 0 Å². The molecule has 0 aliphatic heterocycles. The summed E-state index contributed by atoms with van der Waals surface area (Å²) in [6, 6.07) is 6.75. The zero-order valence-corrected chi connectivity index (χ0v) is 10.1. The first-order valence-electron chi connectivity index (χ1n) is 6.09. The molecule has 0 amide bonds. The first-order chi connectivity index (χ1) is 8.15. The number of nitro groups is 1. The Morgan fingerprint density at radius 1 is 1.35 bits per heavy atom. The Morgan fingerprint density at radius 2 is 2.00 bits per heavy atom. The van der Waals surface area contributed by atoms with Gasteiger partial charge in [0.05, 0.1) is 4.92 Å². The highest BCUT2D eigenvalue weighted by Crippen LogP contribution is 2.47. The minimum absolute atomic E-state index is 0.154. The van der Waals surface area contributed by atoms with Gasteiger partial charge in [-0.15, -0.1) is 0 Å². The van der Waals surface area contributed by atoms with Gasteiger partial charge in [-0.05, 0) is 30.2 Å². The van der Waals surface area contributed by atoms with Crippen LogP contribution in [0.4, 0.5) is 5.69 Å². The molecule has 0 bridgehead atoms. The molecule has 0 aromatic heterocycles. The maximum absolute atomic E-state index is 10.5. The first kappa shape index (κ1) is 12.0. The smallest absolute Gasteiger partial charge is 0.269 e. The molecule has 0 radical (unpaired) electrons. The zero-order valence-electron chi connectivity index (χ0n) is 10.1. The minimum atomic E-state index is -0.368. The predicted molar refractivity (Wildman–Crippen MR) is 66.8 cm³/mol. The van der Waals surface area contributed by atoms with Gasteiger partial charge >= 0.3 is 0 Å². The van der Waals surface area contributed by atoms with Crippen molar-refractivity contribution >= 4 is 5.69 Å². The maximum atomic E-state index is 10.5. The van der Waals surface area contributed by atoms with Gasteiger partial charge in [-0.3, -0.25) is 10.1 Å². The van der Waals surface area contributed by atoms with Crippen molar-refractivity contribution < 1.29 is 4.92 Å². The number of non-ortho nitro benzene ring substituents is 1. The van der Waals surface area contributed by atoms with Gasteiger partial charge in [0.2, 0.25) is 0 Å².